The molecule has 0 radical (unpaired) electrons. The fourth-order valence-electron chi connectivity index (χ4n) is 9.14. The van der Waals surface area contributed by atoms with Crippen LogP contribution in [0.15, 0.2) is 224 Å². The average Bonchev–Trinajstić information content (AvgIpc) is 3.84. The van der Waals surface area contributed by atoms with Crippen molar-refractivity contribution in [2.75, 3.05) is 4.90 Å². The van der Waals surface area contributed by atoms with Gasteiger partial charge >= 0.3 is 0 Å². The molecule has 5 nitrogen and oxygen atoms in total. The number of rotatable bonds is 7. The molecule has 0 fully saturated rings. The lowest BCUT2D eigenvalue weighted by atomic mass is 10.0. The maximum Gasteiger partial charge on any atom is 0.160 e. The number of benzene rings is 9. The van der Waals surface area contributed by atoms with E-state index in [0.717, 1.165) is 72.6 Å². The molecule has 12 aromatic rings. The van der Waals surface area contributed by atoms with Crippen molar-refractivity contribution in [1.29, 1.82) is 0 Å². The Bertz CT molecular complexity index is 3480. The van der Waals surface area contributed by atoms with E-state index in [1.165, 1.54) is 27.2 Å². The third-order valence-corrected chi connectivity index (χ3v) is 11.9. The Hall–Kier alpha value is -8.28. The van der Waals surface area contributed by atoms with Crippen LogP contribution in [-0.4, -0.2) is 19.1 Å². The summed E-state index contributed by atoms with van der Waals surface area (Å²) in [5, 5.41) is 5.84. The summed E-state index contributed by atoms with van der Waals surface area (Å²) in [7, 11) is 0. The molecule has 0 saturated heterocycles. The van der Waals surface area contributed by atoms with Crippen LogP contribution in [0.25, 0.3) is 88.5 Å². The molecule has 0 N–H and O–H groups in total. The molecule has 61 heavy (non-hydrogen) atoms. The van der Waals surface area contributed by atoms with Gasteiger partial charge in [-0.15, -0.1) is 0 Å². The highest BCUT2D eigenvalue weighted by molar-refractivity contribution is 6.12. The number of aromatic nitrogens is 4. The molecular formula is C56H37N5. The van der Waals surface area contributed by atoms with Gasteiger partial charge in [0.2, 0.25) is 0 Å². The molecule has 0 unspecified atom stereocenters. The summed E-state index contributed by atoms with van der Waals surface area (Å²) in [6, 6.07) is 79.6. The molecular weight excluding hydrogens is 743 g/mol. The lowest BCUT2D eigenvalue weighted by Gasteiger charge is -2.25. The van der Waals surface area contributed by atoms with Crippen LogP contribution < -0.4 is 4.90 Å². The summed E-state index contributed by atoms with van der Waals surface area (Å²) in [5.74, 6) is 0.695. The van der Waals surface area contributed by atoms with Gasteiger partial charge in [0.15, 0.2) is 5.82 Å². The minimum atomic E-state index is 0.695. The van der Waals surface area contributed by atoms with Crippen LogP contribution in [0.2, 0.25) is 0 Å². The van der Waals surface area contributed by atoms with Gasteiger partial charge < -0.3 is 14.0 Å². The first-order valence-corrected chi connectivity index (χ1v) is 20.7. The van der Waals surface area contributed by atoms with E-state index in [-0.39, 0.29) is 0 Å². The number of para-hydroxylation sites is 6. The number of fused-ring (bicyclic) bond motifs is 7. The van der Waals surface area contributed by atoms with Crippen molar-refractivity contribution in [2.24, 2.45) is 0 Å². The lowest BCUT2D eigenvalue weighted by molar-refractivity contribution is 1.17. The van der Waals surface area contributed by atoms with Crippen molar-refractivity contribution in [1.82, 2.24) is 19.1 Å². The molecule has 0 aliphatic rings. The smallest absolute Gasteiger partial charge is 0.160 e. The number of hydrogen-bond donors (Lipinski definition) is 0. The van der Waals surface area contributed by atoms with Gasteiger partial charge in [-0.1, -0.05) is 121 Å². The molecule has 0 amide bonds. The van der Waals surface area contributed by atoms with Gasteiger partial charge in [-0.05, 0) is 103 Å². The fourth-order valence-corrected chi connectivity index (χ4v) is 9.14. The van der Waals surface area contributed by atoms with Gasteiger partial charge in [0.25, 0.3) is 0 Å². The summed E-state index contributed by atoms with van der Waals surface area (Å²) >= 11 is 0. The minimum absolute atomic E-state index is 0.695. The van der Waals surface area contributed by atoms with E-state index in [1.807, 2.05) is 0 Å². The molecule has 12 rings (SSSR count). The van der Waals surface area contributed by atoms with Gasteiger partial charge in [0.1, 0.15) is 0 Å². The van der Waals surface area contributed by atoms with Crippen molar-refractivity contribution >= 4 is 71.6 Å². The Labute approximate surface area is 352 Å². The average molecular weight is 780 g/mol. The fraction of sp³-hybridized carbons (Fsp3) is 0. The first-order valence-electron chi connectivity index (χ1n) is 20.7. The molecule has 286 valence electrons. The Kier molecular flexibility index (Phi) is 8.10. The predicted octanol–water partition coefficient (Wildman–Crippen LogP) is 14.6. The summed E-state index contributed by atoms with van der Waals surface area (Å²) in [4.78, 5) is 12.8. The SMILES string of the molecule is c1ccc(N(c2ccccc2)c2ccc3c4cc(-c5nc(-c6ccc(-n7c8ccccc8c8ccccc87)cc6)nc6ccccc56)ccc4n(-c4ccccc4)c3c2)cc1. The molecule has 9 aromatic carbocycles. The molecule has 3 heterocycles. The van der Waals surface area contributed by atoms with Gasteiger partial charge in [-0.3, -0.25) is 0 Å². The van der Waals surface area contributed by atoms with E-state index < -0.39 is 0 Å². The van der Waals surface area contributed by atoms with E-state index in [9.17, 15) is 0 Å². The standard InChI is InChI=1S/C56H37N5/c1-4-16-40(17-5-1)59(41-18-6-2-7-19-41)44-33-34-47-49-36-39(30-35-53(49)61(54(47)37-44)42-20-8-3-9-21-42)55-48-24-10-13-25-50(48)57-56(58-55)38-28-31-43(32-29-38)60-51-26-14-11-22-45(51)46-23-12-15-27-52(46)60/h1-37H. The Morgan fingerprint density at radius 3 is 1.49 bits per heavy atom. The number of anilines is 3. The third-order valence-electron chi connectivity index (χ3n) is 11.9. The lowest BCUT2D eigenvalue weighted by Crippen LogP contribution is -2.09. The van der Waals surface area contributed by atoms with E-state index in [1.54, 1.807) is 0 Å². The van der Waals surface area contributed by atoms with E-state index in [4.69, 9.17) is 9.97 Å². The van der Waals surface area contributed by atoms with Crippen LogP contribution >= 0.6 is 0 Å². The zero-order chi connectivity index (χ0) is 40.3. The van der Waals surface area contributed by atoms with Gasteiger partial charge in [-0.2, -0.15) is 0 Å². The highest BCUT2D eigenvalue weighted by Gasteiger charge is 2.20. The van der Waals surface area contributed by atoms with Crippen molar-refractivity contribution in [2.45, 2.75) is 0 Å². The maximum absolute atomic E-state index is 5.36. The Balaban J connectivity index is 1.01. The second kappa shape index (κ2) is 14.2. The minimum Gasteiger partial charge on any atom is -0.310 e. The van der Waals surface area contributed by atoms with Gasteiger partial charge in [0.05, 0.1) is 33.3 Å². The van der Waals surface area contributed by atoms with E-state index in [2.05, 4.69) is 238 Å². The topological polar surface area (TPSA) is 38.9 Å². The highest BCUT2D eigenvalue weighted by atomic mass is 15.1. The first kappa shape index (κ1) is 34.7. The maximum atomic E-state index is 5.36. The van der Waals surface area contributed by atoms with Crippen LogP contribution in [0.4, 0.5) is 17.1 Å². The second-order valence-electron chi connectivity index (χ2n) is 15.4. The molecule has 0 saturated carbocycles. The molecule has 3 aromatic heterocycles. The summed E-state index contributed by atoms with van der Waals surface area (Å²) in [5.41, 5.74) is 14.0. The zero-order valence-electron chi connectivity index (χ0n) is 33.1. The molecule has 5 heteroatoms. The van der Waals surface area contributed by atoms with Crippen molar-refractivity contribution in [3.8, 4) is 34.0 Å². The molecule has 0 atom stereocenters. The quantitative estimate of drug-likeness (QED) is 0.162. The van der Waals surface area contributed by atoms with Crippen molar-refractivity contribution in [3.63, 3.8) is 0 Å². The van der Waals surface area contributed by atoms with Gasteiger partial charge in [-0.25, -0.2) is 9.97 Å². The van der Waals surface area contributed by atoms with Crippen LogP contribution in [0, 0.1) is 0 Å². The second-order valence-corrected chi connectivity index (χ2v) is 15.4. The number of nitrogens with zero attached hydrogens (tertiary/aromatic N) is 5. The summed E-state index contributed by atoms with van der Waals surface area (Å²) < 4.78 is 4.72. The Morgan fingerprint density at radius 1 is 0.311 bits per heavy atom. The van der Waals surface area contributed by atoms with Crippen LogP contribution in [0.1, 0.15) is 0 Å². The van der Waals surface area contributed by atoms with Gasteiger partial charge in [0, 0.05) is 66.5 Å². The third kappa shape index (κ3) is 5.78. The van der Waals surface area contributed by atoms with Crippen molar-refractivity contribution in [3.05, 3.63) is 224 Å². The monoisotopic (exact) mass is 779 g/mol. The highest BCUT2D eigenvalue weighted by Crippen LogP contribution is 2.41. The first-order chi connectivity index (χ1) is 30.3. The van der Waals surface area contributed by atoms with Crippen molar-refractivity contribution < 1.29 is 0 Å². The zero-order valence-corrected chi connectivity index (χ0v) is 33.1. The van der Waals surface area contributed by atoms with Crippen LogP contribution in [0.5, 0.6) is 0 Å². The molecule has 0 aliphatic carbocycles. The predicted molar refractivity (Wildman–Crippen MR) is 254 cm³/mol. The summed E-state index contributed by atoms with van der Waals surface area (Å²) in [6.07, 6.45) is 0. The Morgan fingerprint density at radius 2 is 0.820 bits per heavy atom. The normalized spacial score (nSPS) is 11.6. The largest absolute Gasteiger partial charge is 0.310 e. The number of hydrogen-bond acceptors (Lipinski definition) is 3. The molecule has 0 bridgehead atoms. The van der Waals surface area contributed by atoms with E-state index in [0.29, 0.717) is 5.82 Å². The summed E-state index contributed by atoms with van der Waals surface area (Å²) in [6.45, 7) is 0. The van der Waals surface area contributed by atoms with E-state index >= 15 is 0 Å². The van der Waals surface area contributed by atoms with Crippen LogP contribution in [0.3, 0.4) is 0 Å². The van der Waals surface area contributed by atoms with Crippen LogP contribution in [-0.2, 0) is 0 Å². The molecule has 0 aliphatic heterocycles. The molecule has 0 spiro atoms.